The number of benzene rings is 1. The molecule has 0 saturated heterocycles. The van der Waals surface area contributed by atoms with Gasteiger partial charge in [0.1, 0.15) is 0 Å². The molecule has 0 saturated carbocycles. The number of carbonyl (C=O) groups excluding carboxylic acids is 2. The molecule has 2 rings (SSSR count). The Morgan fingerprint density at radius 3 is 2.65 bits per heavy atom. The smallest absolute Gasteiger partial charge is 0.338 e. The molecule has 1 unspecified atom stereocenters. The Labute approximate surface area is 121 Å². The topological polar surface area (TPSA) is 67.4 Å². The fourth-order valence-electron chi connectivity index (χ4n) is 2.07. The Morgan fingerprint density at radius 2 is 2.05 bits per heavy atom. The highest BCUT2D eigenvalue weighted by Gasteiger charge is 2.33. The first-order valence-corrected chi connectivity index (χ1v) is 6.79. The number of rotatable bonds is 4. The maximum atomic E-state index is 12.1. The molecule has 1 aromatic rings. The van der Waals surface area contributed by atoms with Crippen LogP contribution in [0.5, 0.6) is 0 Å². The fraction of sp³-hybridized carbons (Fsp3) is 0.286. The Bertz CT molecular complexity index is 543. The zero-order valence-electron chi connectivity index (χ0n) is 11.0. The van der Waals surface area contributed by atoms with E-state index < -0.39 is 12.0 Å². The second kappa shape index (κ2) is 6.43. The lowest BCUT2D eigenvalue weighted by atomic mass is 9.95. The summed E-state index contributed by atoms with van der Waals surface area (Å²) in [6.07, 6.45) is 0. The first kappa shape index (κ1) is 14.4. The number of ether oxygens (including phenoxy) is 1. The molecule has 1 aliphatic heterocycles. The van der Waals surface area contributed by atoms with Gasteiger partial charge in [0.2, 0.25) is 0 Å². The summed E-state index contributed by atoms with van der Waals surface area (Å²) in [5.74, 6) is -0.449. The van der Waals surface area contributed by atoms with E-state index in [0.717, 1.165) is 5.56 Å². The molecule has 0 bridgehead atoms. The van der Waals surface area contributed by atoms with Gasteiger partial charge in [0, 0.05) is 5.70 Å². The predicted molar refractivity (Wildman–Crippen MR) is 75.2 cm³/mol. The molecular formula is C14H15ClN2O3. The van der Waals surface area contributed by atoms with Gasteiger partial charge in [0.15, 0.2) is 0 Å². The molecule has 20 heavy (non-hydrogen) atoms. The quantitative estimate of drug-likeness (QED) is 0.660. The molecule has 5 nitrogen and oxygen atoms in total. The normalized spacial score (nSPS) is 18.3. The Kier molecular flexibility index (Phi) is 4.63. The summed E-state index contributed by atoms with van der Waals surface area (Å²) in [7, 11) is 0. The fourth-order valence-corrected chi connectivity index (χ4v) is 2.28. The van der Waals surface area contributed by atoms with E-state index in [1.165, 1.54) is 0 Å². The summed E-state index contributed by atoms with van der Waals surface area (Å²) in [5.41, 5.74) is 1.52. The van der Waals surface area contributed by atoms with Crippen molar-refractivity contribution in [1.29, 1.82) is 0 Å². The van der Waals surface area contributed by atoms with Crippen LogP contribution in [0.15, 0.2) is 41.6 Å². The van der Waals surface area contributed by atoms with Gasteiger partial charge in [0.05, 0.1) is 24.1 Å². The Morgan fingerprint density at radius 1 is 1.35 bits per heavy atom. The summed E-state index contributed by atoms with van der Waals surface area (Å²) in [4.78, 5) is 23.8. The third-order valence-corrected chi connectivity index (χ3v) is 3.18. The van der Waals surface area contributed by atoms with E-state index in [0.29, 0.717) is 11.3 Å². The Hall–Kier alpha value is -2.01. The summed E-state index contributed by atoms with van der Waals surface area (Å²) in [6, 6.07) is 8.27. The number of alkyl halides is 1. The third kappa shape index (κ3) is 2.93. The highest BCUT2D eigenvalue weighted by molar-refractivity contribution is 6.20. The zero-order valence-corrected chi connectivity index (χ0v) is 11.7. The standard InChI is InChI=1S/C14H15ClN2O3/c1-2-20-13(18)11-10(8-15)16-14(19)17-12(11)9-6-4-3-5-7-9/h3-7,12H,2,8H2,1H3,(H2,16,17,19). The Balaban J connectivity index is 2.46. The highest BCUT2D eigenvalue weighted by Crippen LogP contribution is 2.27. The largest absolute Gasteiger partial charge is 0.463 e. The van der Waals surface area contributed by atoms with E-state index in [4.69, 9.17) is 16.3 Å². The van der Waals surface area contributed by atoms with Gasteiger partial charge >= 0.3 is 12.0 Å². The van der Waals surface area contributed by atoms with Crippen molar-refractivity contribution >= 4 is 23.6 Å². The third-order valence-electron chi connectivity index (χ3n) is 2.92. The molecule has 1 aromatic carbocycles. The van der Waals surface area contributed by atoms with Gasteiger partial charge < -0.3 is 15.4 Å². The van der Waals surface area contributed by atoms with Crippen LogP contribution in [0.4, 0.5) is 4.79 Å². The highest BCUT2D eigenvalue weighted by atomic mass is 35.5. The molecule has 0 radical (unpaired) electrons. The van der Waals surface area contributed by atoms with Gasteiger partial charge in [-0.1, -0.05) is 30.3 Å². The lowest BCUT2D eigenvalue weighted by molar-refractivity contribution is -0.139. The van der Waals surface area contributed by atoms with Crippen molar-refractivity contribution in [3.63, 3.8) is 0 Å². The van der Waals surface area contributed by atoms with Gasteiger partial charge in [0.25, 0.3) is 0 Å². The minimum atomic E-state index is -0.558. The van der Waals surface area contributed by atoms with Crippen molar-refractivity contribution in [1.82, 2.24) is 10.6 Å². The lowest BCUT2D eigenvalue weighted by Gasteiger charge is -2.28. The van der Waals surface area contributed by atoms with Crippen LogP contribution >= 0.6 is 11.6 Å². The molecule has 0 aromatic heterocycles. The molecule has 1 heterocycles. The van der Waals surface area contributed by atoms with Crippen molar-refractivity contribution in [3.8, 4) is 0 Å². The van der Waals surface area contributed by atoms with Crippen LogP contribution in [0.1, 0.15) is 18.5 Å². The summed E-state index contributed by atoms with van der Waals surface area (Å²) >= 11 is 5.83. The van der Waals surface area contributed by atoms with Crippen LogP contribution in [0.3, 0.4) is 0 Å². The van der Waals surface area contributed by atoms with Crippen molar-refractivity contribution < 1.29 is 14.3 Å². The molecule has 106 valence electrons. The molecule has 2 amide bonds. The first-order chi connectivity index (χ1) is 9.67. The van der Waals surface area contributed by atoms with Crippen molar-refractivity contribution in [3.05, 3.63) is 47.2 Å². The van der Waals surface area contributed by atoms with Crippen molar-refractivity contribution in [2.75, 3.05) is 12.5 Å². The van der Waals surface area contributed by atoms with E-state index >= 15 is 0 Å². The zero-order chi connectivity index (χ0) is 14.5. The van der Waals surface area contributed by atoms with Gasteiger partial charge in [-0.05, 0) is 12.5 Å². The molecule has 2 N–H and O–H groups in total. The number of esters is 1. The first-order valence-electron chi connectivity index (χ1n) is 6.26. The average molecular weight is 295 g/mol. The van der Waals surface area contributed by atoms with Crippen LogP contribution in [-0.4, -0.2) is 24.5 Å². The molecule has 6 heteroatoms. The number of nitrogens with one attached hydrogen (secondary N) is 2. The number of halogens is 1. The van der Waals surface area contributed by atoms with Gasteiger partial charge in [-0.3, -0.25) is 0 Å². The molecule has 0 aliphatic carbocycles. The second-order valence-corrected chi connectivity index (χ2v) is 4.46. The van der Waals surface area contributed by atoms with Crippen LogP contribution in [0, 0.1) is 0 Å². The SMILES string of the molecule is CCOC(=O)C1=C(CCl)NC(=O)NC1c1ccccc1. The van der Waals surface area contributed by atoms with Gasteiger partial charge in [-0.2, -0.15) is 0 Å². The maximum Gasteiger partial charge on any atom is 0.338 e. The number of carbonyl (C=O) groups is 2. The van der Waals surface area contributed by atoms with Gasteiger partial charge in [-0.15, -0.1) is 11.6 Å². The lowest BCUT2D eigenvalue weighted by Crippen LogP contribution is -2.46. The van der Waals surface area contributed by atoms with E-state index in [1.54, 1.807) is 6.92 Å². The van der Waals surface area contributed by atoms with Gasteiger partial charge in [-0.25, -0.2) is 9.59 Å². The number of hydrogen-bond donors (Lipinski definition) is 2. The summed E-state index contributed by atoms with van der Waals surface area (Å²) in [6.45, 7) is 1.98. The number of allylic oxidation sites excluding steroid dienone is 1. The summed E-state index contributed by atoms with van der Waals surface area (Å²) in [5, 5.41) is 5.27. The molecular weight excluding hydrogens is 280 g/mol. The maximum absolute atomic E-state index is 12.1. The van der Waals surface area contributed by atoms with Crippen LogP contribution in [0.25, 0.3) is 0 Å². The average Bonchev–Trinajstić information content (AvgIpc) is 2.47. The van der Waals surface area contributed by atoms with Crippen molar-refractivity contribution in [2.24, 2.45) is 0 Å². The minimum absolute atomic E-state index is 0.0326. The van der Waals surface area contributed by atoms with E-state index in [9.17, 15) is 9.59 Å². The van der Waals surface area contributed by atoms with Crippen LogP contribution in [-0.2, 0) is 9.53 Å². The van der Waals surface area contributed by atoms with Crippen LogP contribution < -0.4 is 10.6 Å². The van der Waals surface area contributed by atoms with E-state index in [1.807, 2.05) is 30.3 Å². The van der Waals surface area contributed by atoms with Crippen molar-refractivity contribution in [2.45, 2.75) is 13.0 Å². The number of urea groups is 1. The number of amides is 2. The van der Waals surface area contributed by atoms with E-state index in [-0.39, 0.29) is 18.5 Å². The van der Waals surface area contributed by atoms with E-state index in [2.05, 4.69) is 10.6 Å². The second-order valence-electron chi connectivity index (χ2n) is 4.19. The molecule has 0 spiro atoms. The van der Waals surface area contributed by atoms with Crippen LogP contribution in [0.2, 0.25) is 0 Å². The molecule has 1 aliphatic rings. The minimum Gasteiger partial charge on any atom is -0.463 e. The summed E-state index contributed by atoms with van der Waals surface area (Å²) < 4.78 is 5.05. The molecule has 0 fully saturated rings. The molecule has 1 atom stereocenters. The number of hydrogen-bond acceptors (Lipinski definition) is 3. The predicted octanol–water partition coefficient (Wildman–Crippen LogP) is 2.10. The monoisotopic (exact) mass is 294 g/mol.